The summed E-state index contributed by atoms with van der Waals surface area (Å²) >= 11 is 0. The van der Waals surface area contributed by atoms with Crippen molar-refractivity contribution in [3.8, 4) is 0 Å². The molecule has 2 radical (unpaired) electrons. The first-order chi connectivity index (χ1) is 0. The van der Waals surface area contributed by atoms with Crippen molar-refractivity contribution in [1.82, 2.24) is 0 Å². The molecule has 0 aliphatic carbocycles. The van der Waals surface area contributed by atoms with Crippen LogP contribution in [0.3, 0.4) is 0 Å². The zero-order valence-electron chi connectivity index (χ0n) is 3.12. The van der Waals surface area contributed by atoms with E-state index < -0.39 is 0 Å². The average Bonchev–Trinajstić information content (AvgIpc) is 0. The third-order valence-electron chi connectivity index (χ3n) is 0. The molecule has 0 atom stereocenters. The van der Waals surface area contributed by atoms with Crippen molar-refractivity contribution >= 4 is 0 Å². The van der Waals surface area contributed by atoms with E-state index in [9.17, 15) is 0 Å². The fourth-order valence-corrected chi connectivity index (χ4v) is 0. The normalized spacial score (nSPS) is 0. The van der Waals surface area contributed by atoms with Crippen molar-refractivity contribution in [2.45, 2.75) is 0 Å². The predicted octanol–water partition coefficient (Wildman–Crippen LogP) is -3.01. The van der Waals surface area contributed by atoms with E-state index in [0.29, 0.717) is 0 Å². The van der Waals surface area contributed by atoms with Crippen molar-refractivity contribution < 1.29 is 59.6 Å². The van der Waals surface area contributed by atoms with Gasteiger partial charge in [0.1, 0.15) is 0 Å². The molecule has 1 nitrogen and oxygen atoms in total. The van der Waals surface area contributed by atoms with Crippen molar-refractivity contribution in [1.29, 1.82) is 0 Å². The van der Waals surface area contributed by atoms with E-state index in [1.807, 2.05) is 0 Å². The van der Waals surface area contributed by atoms with Crippen LogP contribution in [0.15, 0.2) is 0 Å². The van der Waals surface area contributed by atoms with Gasteiger partial charge in [0.25, 0.3) is 0 Å². The van der Waals surface area contributed by atoms with E-state index in [1.165, 1.54) is 0 Å². The Labute approximate surface area is 59.5 Å². The van der Waals surface area contributed by atoms with Gasteiger partial charge in [0.05, 0.1) is 0 Å². The summed E-state index contributed by atoms with van der Waals surface area (Å²) in [6.07, 6.45) is 0. The summed E-state index contributed by atoms with van der Waals surface area (Å²) in [6, 6.07) is 0. The SMILES string of the molecule is [Co].[H-].[Li+].[Mn+2].[O-2]. The summed E-state index contributed by atoms with van der Waals surface area (Å²) in [4.78, 5) is 0. The van der Waals surface area contributed by atoms with Gasteiger partial charge in [0.2, 0.25) is 0 Å². The summed E-state index contributed by atoms with van der Waals surface area (Å²) in [5.41, 5.74) is 0. The molecule has 0 rings (SSSR count). The van der Waals surface area contributed by atoms with Gasteiger partial charge in [-0.1, -0.05) is 0 Å². The first-order valence-corrected chi connectivity index (χ1v) is 0. The molecule has 0 aromatic carbocycles. The van der Waals surface area contributed by atoms with Gasteiger partial charge >= 0.3 is 35.9 Å². The average molecular weight is 138 g/mol. The summed E-state index contributed by atoms with van der Waals surface area (Å²) in [5.74, 6) is 0. The molecule has 0 aromatic heterocycles. The van der Waals surface area contributed by atoms with Gasteiger partial charge < -0.3 is 6.90 Å². The molecule has 0 saturated heterocycles. The second-order valence-electron chi connectivity index (χ2n) is 0. The standard InChI is InChI=1S/Co.Li.Mn.O.H/q;+1;+2;-2;-1. The zero-order chi connectivity index (χ0) is 0. The minimum atomic E-state index is 0. The van der Waals surface area contributed by atoms with Crippen molar-refractivity contribution in [2.75, 3.05) is 0 Å². The van der Waals surface area contributed by atoms with Crippen LogP contribution < -0.4 is 18.9 Å². The molecule has 0 unspecified atom stereocenters. The molecular formula is HCoLiMnO. The second-order valence-corrected chi connectivity index (χ2v) is 0. The van der Waals surface area contributed by atoms with Crippen LogP contribution in [0.5, 0.6) is 0 Å². The first kappa shape index (κ1) is 46.8. The molecule has 24 valence electrons. The molecule has 0 amide bonds. The van der Waals surface area contributed by atoms with E-state index in [-0.39, 0.29) is 59.6 Å². The molecule has 0 fully saturated rings. The molecule has 0 spiro atoms. The van der Waals surface area contributed by atoms with Crippen molar-refractivity contribution in [3.05, 3.63) is 0 Å². The topological polar surface area (TPSA) is 28.5 Å². The summed E-state index contributed by atoms with van der Waals surface area (Å²) in [6.45, 7) is 0. The fraction of sp³-hybridized carbons (Fsp3) is 0. The Balaban J connectivity index is 0. The number of rotatable bonds is 0. The minimum Gasteiger partial charge on any atom is -2.00 e. The monoisotopic (exact) mass is 138 g/mol. The Morgan fingerprint density at radius 3 is 1.25 bits per heavy atom. The van der Waals surface area contributed by atoms with E-state index in [0.717, 1.165) is 0 Å². The molecule has 0 N–H and O–H groups in total. The maximum Gasteiger partial charge on any atom is 2.00 e. The zero-order valence-corrected chi connectivity index (χ0v) is 4.34. The van der Waals surface area contributed by atoms with Gasteiger partial charge in [0, 0.05) is 16.8 Å². The quantitative estimate of drug-likeness (QED) is 0.319. The van der Waals surface area contributed by atoms with E-state index in [1.54, 1.807) is 0 Å². The van der Waals surface area contributed by atoms with Crippen LogP contribution >= 0.6 is 0 Å². The molecule has 0 saturated carbocycles. The number of hydrogen-bond acceptors (Lipinski definition) is 0. The minimum absolute atomic E-state index is 0. The van der Waals surface area contributed by atoms with Crippen LogP contribution in [0.25, 0.3) is 0 Å². The molecule has 4 heteroatoms. The van der Waals surface area contributed by atoms with Crippen LogP contribution in [0.2, 0.25) is 0 Å². The summed E-state index contributed by atoms with van der Waals surface area (Å²) < 4.78 is 0. The molecule has 0 aliphatic heterocycles. The molecule has 0 aliphatic rings. The molecular weight excluding hydrogens is 137 g/mol. The molecule has 0 heterocycles. The van der Waals surface area contributed by atoms with Crippen LogP contribution in [0, 0.1) is 0 Å². The van der Waals surface area contributed by atoms with E-state index in [2.05, 4.69) is 0 Å². The maximum absolute atomic E-state index is 0. The third-order valence-corrected chi connectivity index (χ3v) is 0. The Hall–Kier alpha value is 1.58. The van der Waals surface area contributed by atoms with Crippen LogP contribution in [0.4, 0.5) is 0 Å². The van der Waals surface area contributed by atoms with Crippen LogP contribution in [-0.2, 0) is 39.3 Å². The van der Waals surface area contributed by atoms with Gasteiger partial charge in [0.15, 0.2) is 0 Å². The smallest absolute Gasteiger partial charge is 2.00 e. The Bertz CT molecular complexity index is 11.6. The van der Waals surface area contributed by atoms with Crippen molar-refractivity contribution in [2.24, 2.45) is 0 Å². The summed E-state index contributed by atoms with van der Waals surface area (Å²) in [5, 5.41) is 0. The summed E-state index contributed by atoms with van der Waals surface area (Å²) in [7, 11) is 0. The molecule has 0 bridgehead atoms. The van der Waals surface area contributed by atoms with Crippen molar-refractivity contribution in [3.63, 3.8) is 0 Å². The molecule has 4 heavy (non-hydrogen) atoms. The number of hydrogen-bond donors (Lipinski definition) is 0. The predicted molar refractivity (Wildman–Crippen MR) is 1.80 cm³/mol. The maximum atomic E-state index is 0. The fourth-order valence-electron chi connectivity index (χ4n) is 0. The van der Waals surface area contributed by atoms with Gasteiger partial charge in [-0.3, -0.25) is 0 Å². The molecule has 0 aromatic rings. The van der Waals surface area contributed by atoms with E-state index >= 15 is 0 Å². The second kappa shape index (κ2) is 23.5. The van der Waals surface area contributed by atoms with Gasteiger partial charge in [-0.25, -0.2) is 0 Å². The Morgan fingerprint density at radius 2 is 1.25 bits per heavy atom. The van der Waals surface area contributed by atoms with Crippen LogP contribution in [0.1, 0.15) is 1.43 Å². The third kappa shape index (κ3) is 9.54. The van der Waals surface area contributed by atoms with E-state index in [4.69, 9.17) is 0 Å². The van der Waals surface area contributed by atoms with Gasteiger partial charge in [-0.05, 0) is 0 Å². The van der Waals surface area contributed by atoms with Gasteiger partial charge in [-0.15, -0.1) is 0 Å². The largest absolute Gasteiger partial charge is 2.00 e. The Morgan fingerprint density at radius 1 is 1.25 bits per heavy atom. The first-order valence-electron chi connectivity index (χ1n) is 0. The van der Waals surface area contributed by atoms with Crippen LogP contribution in [-0.4, -0.2) is 0 Å². The van der Waals surface area contributed by atoms with Gasteiger partial charge in [-0.2, -0.15) is 0 Å². The Kier molecular flexibility index (Phi) is 275.